The van der Waals surface area contributed by atoms with Gasteiger partial charge in [-0.3, -0.25) is 9.59 Å². The number of hydrogen-bond acceptors (Lipinski definition) is 6. The van der Waals surface area contributed by atoms with E-state index in [2.05, 4.69) is 39.1 Å². The Balaban J connectivity index is 1.16. The third-order valence-corrected chi connectivity index (χ3v) is 7.47. The van der Waals surface area contributed by atoms with E-state index in [9.17, 15) is 9.59 Å². The van der Waals surface area contributed by atoms with Crippen LogP contribution in [-0.2, 0) is 9.59 Å². The van der Waals surface area contributed by atoms with Crippen molar-refractivity contribution in [3.05, 3.63) is 42.0 Å². The molecule has 0 bridgehead atoms. The van der Waals surface area contributed by atoms with E-state index in [1.165, 1.54) is 19.3 Å². The Kier molecular flexibility index (Phi) is 6.39. The molecular formula is C26H34N6O2. The molecule has 180 valence electrons. The van der Waals surface area contributed by atoms with Gasteiger partial charge in [0, 0.05) is 57.4 Å². The lowest BCUT2D eigenvalue weighted by Crippen LogP contribution is -2.51. The molecule has 3 fully saturated rings. The highest BCUT2D eigenvalue weighted by atomic mass is 16.2. The predicted octanol–water partition coefficient (Wildman–Crippen LogP) is 2.87. The molecule has 0 N–H and O–H groups in total. The molecule has 4 heterocycles. The average molecular weight is 463 g/mol. The SMILES string of the molecule is Cc1ccc(N2CC(C(=O)N3CCN(c4ccc(N5CCCCC5C)nn4)CC3)CC2=O)cc1. The number of benzene rings is 1. The van der Waals surface area contributed by atoms with Crippen LogP contribution in [0.15, 0.2) is 36.4 Å². The Bertz CT molecular complexity index is 1020. The number of aryl methyl sites for hydroxylation is 1. The fourth-order valence-electron chi connectivity index (χ4n) is 5.34. The Labute approximate surface area is 201 Å². The first kappa shape index (κ1) is 22.6. The van der Waals surface area contributed by atoms with E-state index in [1.54, 1.807) is 4.90 Å². The van der Waals surface area contributed by atoms with Crippen molar-refractivity contribution in [1.82, 2.24) is 15.1 Å². The molecule has 2 amide bonds. The van der Waals surface area contributed by atoms with Crippen molar-refractivity contribution in [1.29, 1.82) is 0 Å². The zero-order valence-corrected chi connectivity index (χ0v) is 20.2. The van der Waals surface area contributed by atoms with Crippen LogP contribution < -0.4 is 14.7 Å². The largest absolute Gasteiger partial charge is 0.352 e. The summed E-state index contributed by atoms with van der Waals surface area (Å²) in [6.07, 6.45) is 3.98. The lowest BCUT2D eigenvalue weighted by molar-refractivity contribution is -0.136. The molecule has 2 unspecified atom stereocenters. The van der Waals surface area contributed by atoms with Crippen LogP contribution in [0.4, 0.5) is 17.3 Å². The number of rotatable bonds is 4. The van der Waals surface area contributed by atoms with Gasteiger partial charge in [0.05, 0.1) is 5.92 Å². The summed E-state index contributed by atoms with van der Waals surface area (Å²) in [6, 6.07) is 12.5. The van der Waals surface area contributed by atoms with Gasteiger partial charge >= 0.3 is 0 Å². The molecule has 8 nitrogen and oxygen atoms in total. The van der Waals surface area contributed by atoms with Gasteiger partial charge < -0.3 is 19.6 Å². The van der Waals surface area contributed by atoms with Crippen molar-refractivity contribution in [2.24, 2.45) is 5.92 Å². The van der Waals surface area contributed by atoms with Crippen molar-refractivity contribution < 1.29 is 9.59 Å². The van der Waals surface area contributed by atoms with Gasteiger partial charge in [-0.25, -0.2) is 0 Å². The Morgan fingerprint density at radius 1 is 0.912 bits per heavy atom. The number of piperazine rings is 1. The summed E-state index contributed by atoms with van der Waals surface area (Å²) in [5.41, 5.74) is 2.03. The van der Waals surface area contributed by atoms with Gasteiger partial charge in [-0.2, -0.15) is 0 Å². The van der Waals surface area contributed by atoms with Gasteiger partial charge in [0.2, 0.25) is 11.8 Å². The normalized spacial score (nSPS) is 23.5. The number of carbonyl (C=O) groups is 2. The second kappa shape index (κ2) is 9.60. The van der Waals surface area contributed by atoms with Gasteiger partial charge in [0.1, 0.15) is 0 Å². The monoisotopic (exact) mass is 462 g/mol. The van der Waals surface area contributed by atoms with Crippen LogP contribution in [0.2, 0.25) is 0 Å². The topological polar surface area (TPSA) is 72.9 Å². The van der Waals surface area contributed by atoms with E-state index in [4.69, 9.17) is 0 Å². The number of aromatic nitrogens is 2. The van der Waals surface area contributed by atoms with Crippen molar-refractivity contribution in [2.75, 3.05) is 54.0 Å². The highest BCUT2D eigenvalue weighted by molar-refractivity contribution is 6.00. The molecule has 34 heavy (non-hydrogen) atoms. The summed E-state index contributed by atoms with van der Waals surface area (Å²) in [5, 5.41) is 9.01. The van der Waals surface area contributed by atoms with Gasteiger partial charge in [-0.05, 0) is 57.4 Å². The fourth-order valence-corrected chi connectivity index (χ4v) is 5.34. The van der Waals surface area contributed by atoms with Crippen LogP contribution in [0.1, 0.15) is 38.2 Å². The number of carbonyl (C=O) groups excluding carboxylic acids is 2. The fraction of sp³-hybridized carbons (Fsp3) is 0.538. The molecule has 2 aromatic rings. The maximum absolute atomic E-state index is 13.2. The summed E-state index contributed by atoms with van der Waals surface area (Å²) in [7, 11) is 0. The minimum Gasteiger partial charge on any atom is -0.352 e. The third-order valence-electron chi connectivity index (χ3n) is 7.47. The van der Waals surface area contributed by atoms with Crippen LogP contribution >= 0.6 is 0 Å². The van der Waals surface area contributed by atoms with Crippen molar-refractivity contribution >= 4 is 29.1 Å². The molecule has 1 aromatic heterocycles. The Morgan fingerprint density at radius 3 is 2.29 bits per heavy atom. The minimum absolute atomic E-state index is 0.0271. The minimum atomic E-state index is -0.272. The van der Waals surface area contributed by atoms with Crippen LogP contribution in [0, 0.1) is 12.8 Å². The van der Waals surface area contributed by atoms with E-state index in [0.717, 1.165) is 42.5 Å². The molecule has 0 saturated carbocycles. The van der Waals surface area contributed by atoms with Crippen molar-refractivity contribution in [3.63, 3.8) is 0 Å². The van der Waals surface area contributed by atoms with Crippen LogP contribution in [0.3, 0.4) is 0 Å². The molecule has 3 aliphatic rings. The quantitative estimate of drug-likeness (QED) is 0.696. The predicted molar refractivity (Wildman–Crippen MR) is 133 cm³/mol. The van der Waals surface area contributed by atoms with Gasteiger partial charge in [-0.15, -0.1) is 10.2 Å². The second-order valence-corrected chi connectivity index (χ2v) is 9.84. The maximum atomic E-state index is 13.2. The highest BCUT2D eigenvalue weighted by Crippen LogP contribution is 2.28. The first-order valence-corrected chi connectivity index (χ1v) is 12.5. The van der Waals surface area contributed by atoms with E-state index in [-0.39, 0.29) is 24.2 Å². The first-order valence-electron chi connectivity index (χ1n) is 12.5. The molecule has 1 aromatic carbocycles. The number of piperidine rings is 1. The number of hydrogen-bond donors (Lipinski definition) is 0. The number of nitrogens with zero attached hydrogens (tertiary/aromatic N) is 6. The molecule has 0 radical (unpaired) electrons. The Morgan fingerprint density at radius 2 is 1.62 bits per heavy atom. The van der Waals surface area contributed by atoms with Gasteiger partial charge in [-0.1, -0.05) is 17.7 Å². The summed E-state index contributed by atoms with van der Waals surface area (Å²) < 4.78 is 0. The smallest absolute Gasteiger partial charge is 0.228 e. The molecule has 0 spiro atoms. The van der Waals surface area contributed by atoms with Crippen LogP contribution in [-0.4, -0.2) is 72.2 Å². The number of anilines is 3. The summed E-state index contributed by atoms with van der Waals surface area (Å²) in [5.74, 6) is 1.66. The highest BCUT2D eigenvalue weighted by Gasteiger charge is 2.38. The average Bonchev–Trinajstić information content (AvgIpc) is 3.26. The molecule has 3 saturated heterocycles. The summed E-state index contributed by atoms with van der Waals surface area (Å²) in [4.78, 5) is 33.9. The van der Waals surface area contributed by atoms with E-state index in [1.807, 2.05) is 36.1 Å². The standard InChI is InChI=1S/C26H34N6O2/c1-19-6-8-22(9-7-19)32-18-21(17-25(32)33)26(34)30-15-13-29(14-16-30)23-10-11-24(28-27-23)31-12-4-3-5-20(31)2/h6-11,20-21H,3-5,12-18H2,1-2H3. The zero-order chi connectivity index (χ0) is 23.7. The molecule has 2 atom stereocenters. The third kappa shape index (κ3) is 4.58. The molecular weight excluding hydrogens is 428 g/mol. The van der Waals surface area contributed by atoms with Crippen LogP contribution in [0.5, 0.6) is 0 Å². The van der Waals surface area contributed by atoms with E-state index >= 15 is 0 Å². The molecule has 0 aliphatic carbocycles. The van der Waals surface area contributed by atoms with Crippen molar-refractivity contribution in [3.8, 4) is 0 Å². The zero-order valence-electron chi connectivity index (χ0n) is 20.2. The maximum Gasteiger partial charge on any atom is 0.228 e. The lowest BCUT2D eigenvalue weighted by Gasteiger charge is -2.37. The number of amides is 2. The first-order chi connectivity index (χ1) is 16.5. The Hall–Kier alpha value is -3.16. The summed E-state index contributed by atoms with van der Waals surface area (Å²) >= 11 is 0. The summed E-state index contributed by atoms with van der Waals surface area (Å²) in [6.45, 7) is 8.51. The lowest BCUT2D eigenvalue weighted by atomic mass is 10.0. The van der Waals surface area contributed by atoms with Gasteiger partial charge in [0.25, 0.3) is 0 Å². The van der Waals surface area contributed by atoms with E-state index in [0.29, 0.717) is 25.7 Å². The van der Waals surface area contributed by atoms with Gasteiger partial charge in [0.15, 0.2) is 11.6 Å². The molecule has 3 aliphatic heterocycles. The van der Waals surface area contributed by atoms with Crippen LogP contribution in [0.25, 0.3) is 0 Å². The second-order valence-electron chi connectivity index (χ2n) is 9.84. The molecule has 8 heteroatoms. The van der Waals surface area contributed by atoms with Crippen molar-refractivity contribution in [2.45, 2.75) is 45.6 Å². The van der Waals surface area contributed by atoms with E-state index < -0.39 is 0 Å². The molecule has 5 rings (SSSR count).